The van der Waals surface area contributed by atoms with Crippen molar-refractivity contribution in [2.75, 3.05) is 13.1 Å². The summed E-state index contributed by atoms with van der Waals surface area (Å²) in [4.78, 5) is 1.81. The van der Waals surface area contributed by atoms with Crippen molar-refractivity contribution >= 4 is 0 Å². The highest BCUT2D eigenvalue weighted by atomic mass is 19.2. The number of likely N-dealkylation sites (tertiary alicyclic amines) is 1. The van der Waals surface area contributed by atoms with Crippen molar-refractivity contribution in [1.82, 2.24) is 4.90 Å². The van der Waals surface area contributed by atoms with Crippen molar-refractivity contribution in [3.05, 3.63) is 65.0 Å². The van der Waals surface area contributed by atoms with E-state index in [1.807, 2.05) is 4.90 Å². The van der Waals surface area contributed by atoms with Crippen LogP contribution in [0.5, 0.6) is 5.75 Å². The van der Waals surface area contributed by atoms with Crippen LogP contribution in [0.25, 0.3) is 0 Å². The summed E-state index contributed by atoms with van der Waals surface area (Å²) in [5.74, 6) is -3.41. The van der Waals surface area contributed by atoms with Gasteiger partial charge in [-0.3, -0.25) is 4.90 Å². The SMILES string of the molecule is Oc1ccc(CN2CCC(O)(Cc3cccc(F)c3)C2)c(F)c1F. The van der Waals surface area contributed by atoms with Gasteiger partial charge in [0.25, 0.3) is 0 Å². The van der Waals surface area contributed by atoms with E-state index in [1.165, 1.54) is 18.2 Å². The number of rotatable bonds is 4. The molecule has 1 atom stereocenters. The van der Waals surface area contributed by atoms with Crippen LogP contribution in [0.15, 0.2) is 36.4 Å². The average molecular weight is 337 g/mol. The third kappa shape index (κ3) is 3.55. The predicted molar refractivity (Wildman–Crippen MR) is 83.0 cm³/mol. The number of aromatic hydroxyl groups is 1. The molecule has 0 aromatic heterocycles. The van der Waals surface area contributed by atoms with Crippen molar-refractivity contribution in [3.8, 4) is 5.75 Å². The molecule has 6 heteroatoms. The molecule has 3 rings (SSSR count). The smallest absolute Gasteiger partial charge is 0.200 e. The molecule has 0 saturated carbocycles. The molecule has 128 valence electrons. The van der Waals surface area contributed by atoms with Gasteiger partial charge in [-0.1, -0.05) is 18.2 Å². The van der Waals surface area contributed by atoms with Crippen LogP contribution in [0.2, 0.25) is 0 Å². The van der Waals surface area contributed by atoms with Gasteiger partial charge in [0.15, 0.2) is 11.6 Å². The molecule has 0 amide bonds. The Morgan fingerprint density at radius 1 is 1.08 bits per heavy atom. The van der Waals surface area contributed by atoms with Crippen LogP contribution in [0, 0.1) is 17.5 Å². The van der Waals surface area contributed by atoms with E-state index in [1.54, 1.807) is 12.1 Å². The number of β-amino-alcohol motifs (C(OH)–C–C–N with tert-alkyl or cyclic N) is 1. The Hall–Kier alpha value is -2.05. The molecule has 24 heavy (non-hydrogen) atoms. The monoisotopic (exact) mass is 337 g/mol. The number of phenolic OH excluding ortho intramolecular Hbond substituents is 1. The third-order valence-corrected chi connectivity index (χ3v) is 4.37. The molecule has 1 fully saturated rings. The molecular weight excluding hydrogens is 319 g/mol. The molecular formula is C18H18F3NO2. The van der Waals surface area contributed by atoms with Gasteiger partial charge in [-0.2, -0.15) is 4.39 Å². The summed E-state index contributed by atoms with van der Waals surface area (Å²) in [5.41, 5.74) is -0.207. The summed E-state index contributed by atoms with van der Waals surface area (Å²) in [6.07, 6.45) is 0.763. The first-order valence-corrected chi connectivity index (χ1v) is 7.71. The van der Waals surface area contributed by atoms with Gasteiger partial charge in [0.1, 0.15) is 5.82 Å². The van der Waals surface area contributed by atoms with Gasteiger partial charge in [0.05, 0.1) is 5.60 Å². The van der Waals surface area contributed by atoms with Crippen LogP contribution in [-0.4, -0.2) is 33.8 Å². The van der Waals surface area contributed by atoms with E-state index in [4.69, 9.17) is 5.11 Å². The predicted octanol–water partition coefficient (Wildman–Crippen LogP) is 2.99. The topological polar surface area (TPSA) is 43.7 Å². The molecule has 1 aliphatic rings. The second kappa shape index (κ2) is 6.45. The number of phenols is 1. The molecule has 1 heterocycles. The van der Waals surface area contributed by atoms with E-state index in [0.717, 1.165) is 6.07 Å². The Bertz CT molecular complexity index is 753. The van der Waals surface area contributed by atoms with Gasteiger partial charge in [-0.25, -0.2) is 8.78 Å². The summed E-state index contributed by atoms with van der Waals surface area (Å²) in [6, 6.07) is 8.51. The molecule has 3 nitrogen and oxygen atoms in total. The van der Waals surface area contributed by atoms with Crippen molar-refractivity contribution in [2.24, 2.45) is 0 Å². The summed E-state index contributed by atoms with van der Waals surface area (Å²) < 4.78 is 40.5. The molecule has 1 saturated heterocycles. The minimum atomic E-state index is -1.26. The van der Waals surface area contributed by atoms with Crippen LogP contribution in [-0.2, 0) is 13.0 Å². The lowest BCUT2D eigenvalue weighted by molar-refractivity contribution is 0.0486. The zero-order valence-corrected chi connectivity index (χ0v) is 13.0. The van der Waals surface area contributed by atoms with E-state index in [-0.39, 0.29) is 24.5 Å². The molecule has 2 N–H and O–H groups in total. The first-order chi connectivity index (χ1) is 11.4. The lowest BCUT2D eigenvalue weighted by Gasteiger charge is -2.24. The molecule has 1 unspecified atom stereocenters. The van der Waals surface area contributed by atoms with E-state index in [2.05, 4.69) is 0 Å². The highest BCUT2D eigenvalue weighted by molar-refractivity contribution is 5.30. The minimum absolute atomic E-state index is 0.125. The zero-order valence-electron chi connectivity index (χ0n) is 13.0. The van der Waals surface area contributed by atoms with Crippen molar-refractivity contribution in [3.63, 3.8) is 0 Å². The third-order valence-electron chi connectivity index (χ3n) is 4.37. The summed E-state index contributed by atoms with van der Waals surface area (Å²) in [6.45, 7) is 0.938. The van der Waals surface area contributed by atoms with Crippen molar-refractivity contribution in [1.29, 1.82) is 0 Å². The molecule has 2 aromatic carbocycles. The Morgan fingerprint density at radius 2 is 1.88 bits per heavy atom. The van der Waals surface area contributed by atoms with E-state index >= 15 is 0 Å². The fourth-order valence-electron chi connectivity index (χ4n) is 3.19. The van der Waals surface area contributed by atoms with Crippen molar-refractivity contribution < 1.29 is 23.4 Å². The zero-order chi connectivity index (χ0) is 17.3. The van der Waals surface area contributed by atoms with Gasteiger partial charge in [-0.05, 0) is 30.2 Å². The average Bonchev–Trinajstić information content (AvgIpc) is 2.89. The second-order valence-electron chi connectivity index (χ2n) is 6.36. The lowest BCUT2D eigenvalue weighted by atomic mass is 9.94. The second-order valence-corrected chi connectivity index (χ2v) is 6.36. The minimum Gasteiger partial charge on any atom is -0.505 e. The fourth-order valence-corrected chi connectivity index (χ4v) is 3.19. The molecule has 1 aliphatic heterocycles. The van der Waals surface area contributed by atoms with E-state index in [9.17, 15) is 18.3 Å². The summed E-state index contributed by atoms with van der Waals surface area (Å²) in [7, 11) is 0. The number of benzene rings is 2. The summed E-state index contributed by atoms with van der Waals surface area (Å²) in [5, 5.41) is 19.8. The Morgan fingerprint density at radius 3 is 2.62 bits per heavy atom. The Kier molecular flexibility index (Phi) is 4.51. The molecule has 0 spiro atoms. The first-order valence-electron chi connectivity index (χ1n) is 7.71. The number of hydrogen-bond acceptors (Lipinski definition) is 3. The Labute approximate surface area is 138 Å². The van der Waals surface area contributed by atoms with Gasteiger partial charge in [0, 0.05) is 31.6 Å². The molecule has 0 aliphatic carbocycles. The van der Waals surface area contributed by atoms with Gasteiger partial charge in [0.2, 0.25) is 5.82 Å². The lowest BCUT2D eigenvalue weighted by Crippen LogP contribution is -2.35. The fraction of sp³-hybridized carbons (Fsp3) is 0.333. The standard InChI is InChI=1S/C18H18F3NO2/c19-14-3-1-2-12(8-14)9-18(24)6-7-22(11-18)10-13-4-5-15(23)17(21)16(13)20/h1-5,8,23-24H,6-7,9-11H2. The van der Waals surface area contributed by atoms with Gasteiger partial charge >= 0.3 is 0 Å². The van der Waals surface area contributed by atoms with Crippen molar-refractivity contribution in [2.45, 2.75) is 25.0 Å². The number of halogens is 3. The highest BCUT2D eigenvalue weighted by Gasteiger charge is 2.36. The molecule has 0 radical (unpaired) electrons. The number of hydrogen-bond donors (Lipinski definition) is 2. The largest absolute Gasteiger partial charge is 0.505 e. The number of nitrogens with zero attached hydrogens (tertiary/aromatic N) is 1. The van der Waals surface area contributed by atoms with Gasteiger partial charge in [-0.15, -0.1) is 0 Å². The highest BCUT2D eigenvalue weighted by Crippen LogP contribution is 2.29. The van der Waals surface area contributed by atoms with Crippen LogP contribution < -0.4 is 0 Å². The van der Waals surface area contributed by atoms with E-state index < -0.39 is 23.0 Å². The van der Waals surface area contributed by atoms with E-state index in [0.29, 0.717) is 24.9 Å². The molecule has 0 bridgehead atoms. The van der Waals surface area contributed by atoms with Crippen LogP contribution in [0.1, 0.15) is 17.5 Å². The summed E-state index contributed by atoms with van der Waals surface area (Å²) >= 11 is 0. The van der Waals surface area contributed by atoms with Crippen LogP contribution >= 0.6 is 0 Å². The van der Waals surface area contributed by atoms with Crippen LogP contribution in [0.3, 0.4) is 0 Å². The number of aliphatic hydroxyl groups is 1. The quantitative estimate of drug-likeness (QED) is 0.901. The normalized spacial score (nSPS) is 21.3. The maximum atomic E-state index is 13.8. The van der Waals surface area contributed by atoms with Crippen LogP contribution in [0.4, 0.5) is 13.2 Å². The Balaban J connectivity index is 1.68. The first kappa shape index (κ1) is 16.8. The maximum Gasteiger partial charge on any atom is 0.200 e. The van der Waals surface area contributed by atoms with Gasteiger partial charge < -0.3 is 10.2 Å². The molecule has 2 aromatic rings. The maximum absolute atomic E-state index is 13.8.